The third-order valence-electron chi connectivity index (χ3n) is 6.15. The van der Waals surface area contributed by atoms with E-state index in [1.54, 1.807) is 12.1 Å². The van der Waals surface area contributed by atoms with Gasteiger partial charge in [-0.05, 0) is 50.0 Å². The monoisotopic (exact) mass is 476 g/mol. The maximum atomic E-state index is 13.6. The highest BCUT2D eigenvalue weighted by Crippen LogP contribution is 2.38. The molecule has 0 N–H and O–H groups in total. The first-order chi connectivity index (χ1) is 13.5. The van der Waals surface area contributed by atoms with Crippen molar-refractivity contribution >= 4 is 59.1 Å². The van der Waals surface area contributed by atoms with Crippen molar-refractivity contribution in [1.29, 1.82) is 0 Å². The van der Waals surface area contributed by atoms with Gasteiger partial charge in [-0.15, -0.1) is 12.4 Å². The van der Waals surface area contributed by atoms with Crippen LogP contribution in [0.5, 0.6) is 0 Å². The van der Waals surface area contributed by atoms with Crippen LogP contribution in [0.15, 0.2) is 12.1 Å². The van der Waals surface area contributed by atoms with Gasteiger partial charge in [-0.2, -0.15) is 11.8 Å². The molecule has 0 aromatic heterocycles. The first-order valence-electron chi connectivity index (χ1n) is 10.2. The molecule has 0 unspecified atom stereocenters. The Morgan fingerprint density at radius 1 is 1.10 bits per heavy atom. The molecular weight excluding hydrogens is 451 g/mol. The molecule has 160 valence electrons. The van der Waals surface area contributed by atoms with Gasteiger partial charge < -0.3 is 9.80 Å². The minimum absolute atomic E-state index is 0. The number of hydrogen-bond donors (Lipinski definition) is 0. The van der Waals surface area contributed by atoms with Crippen LogP contribution in [0.25, 0.3) is 0 Å². The van der Waals surface area contributed by atoms with E-state index < -0.39 is 0 Å². The van der Waals surface area contributed by atoms with Gasteiger partial charge in [-0.25, -0.2) is 0 Å². The summed E-state index contributed by atoms with van der Waals surface area (Å²) in [5, 5.41) is 0.784. The van der Waals surface area contributed by atoms with Gasteiger partial charge in [0.2, 0.25) is 5.91 Å². The summed E-state index contributed by atoms with van der Waals surface area (Å²) in [7, 11) is 0. The van der Waals surface area contributed by atoms with Crippen LogP contribution in [0.4, 0.5) is 0 Å². The summed E-state index contributed by atoms with van der Waals surface area (Å²) in [6, 6.07) is 3.61. The average molecular weight is 478 g/mol. The molecular formula is C21H27Cl3N2O2S. The number of halogens is 3. The number of fused-ring (bicyclic) bond motifs is 1. The van der Waals surface area contributed by atoms with Crippen LogP contribution in [0.3, 0.4) is 0 Å². The number of piperidine rings is 1. The van der Waals surface area contributed by atoms with Crippen LogP contribution in [0, 0.1) is 0 Å². The SMILES string of the molecule is Cl.O=C1CC[C@H](C(=O)N2CCSC[C@H]2CN2CCCCC2)c2cc(Cl)c(Cl)cc21. The number of carbonyl (C=O) groups excluding carboxylic acids is 2. The largest absolute Gasteiger partial charge is 0.336 e. The highest BCUT2D eigenvalue weighted by molar-refractivity contribution is 7.99. The summed E-state index contributed by atoms with van der Waals surface area (Å²) in [6.45, 7) is 4.01. The number of likely N-dealkylation sites (tertiary alicyclic amines) is 1. The summed E-state index contributed by atoms with van der Waals surface area (Å²) >= 11 is 14.3. The fraction of sp³-hybridized carbons (Fsp3) is 0.619. The van der Waals surface area contributed by atoms with Crippen LogP contribution in [0.2, 0.25) is 10.0 Å². The van der Waals surface area contributed by atoms with Crippen molar-refractivity contribution in [3.05, 3.63) is 33.3 Å². The van der Waals surface area contributed by atoms with E-state index in [0.29, 0.717) is 28.5 Å². The number of ketones is 1. The maximum absolute atomic E-state index is 13.6. The maximum Gasteiger partial charge on any atom is 0.230 e. The topological polar surface area (TPSA) is 40.6 Å². The van der Waals surface area contributed by atoms with Crippen molar-refractivity contribution in [3.63, 3.8) is 0 Å². The van der Waals surface area contributed by atoms with Gasteiger partial charge in [0.15, 0.2) is 5.78 Å². The molecule has 3 aliphatic rings. The van der Waals surface area contributed by atoms with E-state index in [1.807, 2.05) is 11.8 Å². The lowest BCUT2D eigenvalue weighted by atomic mass is 9.81. The molecule has 2 saturated heterocycles. The van der Waals surface area contributed by atoms with Gasteiger partial charge >= 0.3 is 0 Å². The number of Topliss-reactive ketones (excluding diaryl/α,β-unsaturated/α-hetero) is 1. The molecule has 29 heavy (non-hydrogen) atoms. The molecule has 2 fully saturated rings. The Hall–Kier alpha value is -0.460. The van der Waals surface area contributed by atoms with Crippen molar-refractivity contribution in [2.75, 3.05) is 37.7 Å². The van der Waals surface area contributed by atoms with Gasteiger partial charge in [0.25, 0.3) is 0 Å². The van der Waals surface area contributed by atoms with E-state index in [9.17, 15) is 9.59 Å². The zero-order chi connectivity index (χ0) is 19.7. The van der Waals surface area contributed by atoms with Crippen LogP contribution < -0.4 is 0 Å². The Balaban J connectivity index is 0.00000240. The van der Waals surface area contributed by atoms with E-state index >= 15 is 0 Å². The van der Waals surface area contributed by atoms with Crippen LogP contribution >= 0.6 is 47.4 Å². The summed E-state index contributed by atoms with van der Waals surface area (Å²) in [5.74, 6) is 1.87. The molecule has 0 radical (unpaired) electrons. The molecule has 8 heteroatoms. The average Bonchev–Trinajstić information content (AvgIpc) is 2.71. The molecule has 1 aromatic rings. The Bertz CT molecular complexity index is 771. The Morgan fingerprint density at radius 3 is 2.59 bits per heavy atom. The van der Waals surface area contributed by atoms with E-state index in [4.69, 9.17) is 23.2 Å². The first-order valence-corrected chi connectivity index (χ1v) is 12.1. The molecule has 0 saturated carbocycles. The van der Waals surface area contributed by atoms with Crippen molar-refractivity contribution in [1.82, 2.24) is 9.80 Å². The normalized spacial score (nSPS) is 25.3. The molecule has 1 amide bonds. The van der Waals surface area contributed by atoms with Gasteiger partial charge in [0.05, 0.1) is 22.0 Å². The van der Waals surface area contributed by atoms with Crippen LogP contribution in [0.1, 0.15) is 53.9 Å². The lowest BCUT2D eigenvalue weighted by Crippen LogP contribution is -2.53. The first kappa shape index (κ1) is 23.2. The lowest BCUT2D eigenvalue weighted by molar-refractivity contribution is -0.135. The Morgan fingerprint density at radius 2 is 1.83 bits per heavy atom. The molecule has 4 nitrogen and oxygen atoms in total. The van der Waals surface area contributed by atoms with E-state index in [2.05, 4.69) is 9.80 Å². The number of hydrogen-bond acceptors (Lipinski definition) is 4. The minimum atomic E-state index is -0.297. The molecule has 2 atom stereocenters. The van der Waals surface area contributed by atoms with Crippen molar-refractivity contribution in [2.24, 2.45) is 0 Å². The number of rotatable bonds is 3. The van der Waals surface area contributed by atoms with Gasteiger partial charge in [0.1, 0.15) is 0 Å². The van der Waals surface area contributed by atoms with Crippen molar-refractivity contribution in [3.8, 4) is 0 Å². The second-order valence-electron chi connectivity index (χ2n) is 7.99. The molecule has 2 heterocycles. The lowest BCUT2D eigenvalue weighted by Gasteiger charge is -2.41. The van der Waals surface area contributed by atoms with E-state index in [0.717, 1.165) is 43.2 Å². The highest BCUT2D eigenvalue weighted by Gasteiger charge is 2.37. The summed E-state index contributed by atoms with van der Waals surface area (Å²) in [6.07, 6.45) is 4.77. The second-order valence-corrected chi connectivity index (χ2v) is 9.95. The number of carbonyl (C=O) groups is 2. The third-order valence-corrected chi connectivity index (χ3v) is 7.97. The summed E-state index contributed by atoms with van der Waals surface area (Å²) < 4.78 is 0. The van der Waals surface area contributed by atoms with Crippen LogP contribution in [-0.2, 0) is 4.79 Å². The van der Waals surface area contributed by atoms with Gasteiger partial charge in [-0.1, -0.05) is 29.6 Å². The fourth-order valence-electron chi connectivity index (χ4n) is 4.65. The van der Waals surface area contributed by atoms with Crippen LogP contribution in [-0.4, -0.2) is 65.2 Å². The summed E-state index contributed by atoms with van der Waals surface area (Å²) in [4.78, 5) is 30.6. The number of nitrogens with zero attached hydrogens (tertiary/aromatic N) is 2. The van der Waals surface area contributed by atoms with Crippen molar-refractivity contribution in [2.45, 2.75) is 44.1 Å². The fourth-order valence-corrected chi connectivity index (χ4v) is 6.04. The molecule has 2 aliphatic heterocycles. The molecule has 4 rings (SSSR count). The predicted octanol–water partition coefficient (Wildman–Crippen LogP) is 4.91. The molecule has 0 spiro atoms. The number of thioether (sulfide) groups is 1. The minimum Gasteiger partial charge on any atom is -0.336 e. The molecule has 1 aliphatic carbocycles. The van der Waals surface area contributed by atoms with Crippen molar-refractivity contribution < 1.29 is 9.59 Å². The Kier molecular flexibility index (Phi) is 8.19. The molecule has 1 aromatic carbocycles. The van der Waals surface area contributed by atoms with E-state index in [-0.39, 0.29) is 36.1 Å². The molecule has 0 bridgehead atoms. The van der Waals surface area contributed by atoms with E-state index in [1.165, 1.54) is 19.3 Å². The second kappa shape index (κ2) is 10.2. The smallest absolute Gasteiger partial charge is 0.230 e. The third kappa shape index (κ3) is 5.07. The zero-order valence-corrected chi connectivity index (χ0v) is 19.5. The van der Waals surface area contributed by atoms with Gasteiger partial charge in [0, 0.05) is 36.6 Å². The predicted molar refractivity (Wildman–Crippen MR) is 123 cm³/mol. The standard InChI is InChI=1S/C21H26Cl2N2O2S.ClH/c22-18-10-16-15(4-5-20(26)17(16)11-19(18)23)21(27)25-8-9-28-13-14(25)12-24-6-2-1-3-7-24;/h10-11,14-15H,1-9,12-13H2;1H/t14-,15+;/m1./s1. The zero-order valence-electron chi connectivity index (χ0n) is 16.4. The number of benzene rings is 1. The quantitative estimate of drug-likeness (QED) is 0.620. The van der Waals surface area contributed by atoms with Gasteiger partial charge in [-0.3, -0.25) is 9.59 Å². The summed E-state index contributed by atoms with van der Waals surface area (Å²) in [5.41, 5.74) is 1.32. The number of amides is 1. The Labute approximate surface area is 193 Å². The highest BCUT2D eigenvalue weighted by atomic mass is 35.5.